The van der Waals surface area contributed by atoms with Crippen molar-refractivity contribution in [3.8, 4) is 11.8 Å². The summed E-state index contributed by atoms with van der Waals surface area (Å²) in [5.41, 5.74) is 2.48. The highest BCUT2D eigenvalue weighted by Gasteiger charge is 2.10. The molecule has 0 saturated heterocycles. The fraction of sp³-hybridized carbons (Fsp3) is 0.0833. The predicted octanol–water partition coefficient (Wildman–Crippen LogP) is 8.30. The minimum atomic E-state index is 1.14. The summed E-state index contributed by atoms with van der Waals surface area (Å²) >= 11 is 7.33. The first kappa shape index (κ1) is 17.5. The van der Waals surface area contributed by atoms with Crippen LogP contribution < -0.4 is 5.32 Å². The minimum Gasteiger partial charge on any atom is -0.388 e. The first-order valence-electron chi connectivity index (χ1n) is 9.26. The third kappa shape index (κ3) is 2.87. The van der Waals surface area contributed by atoms with Gasteiger partial charge in [0.2, 0.25) is 0 Å². The summed E-state index contributed by atoms with van der Waals surface area (Å²) in [6.07, 6.45) is 0. The maximum atomic E-state index is 3.41. The highest BCUT2D eigenvalue weighted by Crippen LogP contribution is 2.41. The molecule has 0 aliphatic rings. The number of anilines is 1. The molecule has 0 saturated carbocycles. The van der Waals surface area contributed by atoms with Gasteiger partial charge in [0, 0.05) is 42.3 Å². The fourth-order valence-electron chi connectivity index (χ4n) is 3.61. The van der Waals surface area contributed by atoms with Gasteiger partial charge in [0.15, 0.2) is 0 Å². The van der Waals surface area contributed by atoms with Crippen LogP contribution >= 0.6 is 45.3 Å². The molecular formula is C24H15NS4. The molecule has 6 rings (SSSR count). The molecule has 29 heavy (non-hydrogen) atoms. The Morgan fingerprint density at radius 2 is 1.24 bits per heavy atom. The van der Waals surface area contributed by atoms with Crippen molar-refractivity contribution >= 4 is 90.0 Å². The van der Waals surface area contributed by atoms with Crippen molar-refractivity contribution in [2.24, 2.45) is 0 Å². The van der Waals surface area contributed by atoms with Crippen LogP contribution in [0.4, 0.5) is 5.69 Å². The summed E-state index contributed by atoms with van der Waals surface area (Å²) < 4.78 is 8.10. The molecule has 0 aliphatic carbocycles. The van der Waals surface area contributed by atoms with Crippen molar-refractivity contribution in [3.05, 3.63) is 63.8 Å². The van der Waals surface area contributed by atoms with E-state index < -0.39 is 0 Å². The first-order chi connectivity index (χ1) is 14.2. The van der Waals surface area contributed by atoms with Crippen molar-refractivity contribution in [1.82, 2.24) is 0 Å². The number of hydrogen-bond acceptors (Lipinski definition) is 5. The van der Waals surface area contributed by atoms with Crippen molar-refractivity contribution < 1.29 is 0 Å². The Hall–Kier alpha value is -2.36. The third-order valence-corrected chi connectivity index (χ3v) is 9.67. The molecule has 0 fully saturated rings. The summed E-state index contributed by atoms with van der Waals surface area (Å²) in [7, 11) is 1.96. The van der Waals surface area contributed by atoms with E-state index in [1.807, 2.05) is 41.1 Å². The molecular weight excluding hydrogens is 431 g/mol. The molecule has 5 heteroatoms. The van der Waals surface area contributed by atoms with Gasteiger partial charge < -0.3 is 5.32 Å². The van der Waals surface area contributed by atoms with Crippen molar-refractivity contribution in [1.29, 1.82) is 0 Å². The highest BCUT2D eigenvalue weighted by molar-refractivity contribution is 7.33. The zero-order valence-corrected chi connectivity index (χ0v) is 19.0. The van der Waals surface area contributed by atoms with Gasteiger partial charge in [-0.15, -0.1) is 45.3 Å². The maximum absolute atomic E-state index is 3.41. The van der Waals surface area contributed by atoms with E-state index in [1.54, 1.807) is 11.3 Å². The molecule has 0 amide bonds. The van der Waals surface area contributed by atoms with Crippen LogP contribution in [0, 0.1) is 18.8 Å². The largest absolute Gasteiger partial charge is 0.388 e. The Kier molecular flexibility index (Phi) is 3.97. The SMILES string of the molecule is CNc1ccc2c(c1)sc1cc(C#Cc3cc4sc5cc(C)ccc5c4s3)sc12. The number of aryl methyl sites for hydroxylation is 1. The molecule has 0 atom stereocenters. The van der Waals surface area contributed by atoms with Gasteiger partial charge >= 0.3 is 0 Å². The number of fused-ring (bicyclic) bond motifs is 6. The lowest BCUT2D eigenvalue weighted by Crippen LogP contribution is -1.85. The zero-order valence-electron chi connectivity index (χ0n) is 15.8. The number of nitrogens with one attached hydrogen (secondary N) is 1. The molecule has 0 radical (unpaired) electrons. The van der Waals surface area contributed by atoms with Gasteiger partial charge in [-0.05, 0) is 54.7 Å². The third-order valence-electron chi connectivity index (χ3n) is 5.04. The van der Waals surface area contributed by atoms with Gasteiger partial charge in [0.1, 0.15) is 0 Å². The van der Waals surface area contributed by atoms with E-state index in [0.29, 0.717) is 0 Å². The van der Waals surface area contributed by atoms with Crippen LogP contribution in [-0.4, -0.2) is 7.05 Å². The van der Waals surface area contributed by atoms with E-state index >= 15 is 0 Å². The molecule has 4 heterocycles. The van der Waals surface area contributed by atoms with Crippen LogP contribution in [0.25, 0.3) is 39.0 Å². The number of thiophene rings is 4. The fourth-order valence-corrected chi connectivity index (χ4v) is 8.50. The van der Waals surface area contributed by atoms with Gasteiger partial charge in [0.05, 0.1) is 19.2 Å². The second-order valence-corrected chi connectivity index (χ2v) is 11.3. The van der Waals surface area contributed by atoms with E-state index in [2.05, 4.69) is 72.6 Å². The lowest BCUT2D eigenvalue weighted by Gasteiger charge is -1.98. The van der Waals surface area contributed by atoms with Gasteiger partial charge in [-0.3, -0.25) is 0 Å². The van der Waals surface area contributed by atoms with E-state index in [0.717, 1.165) is 15.4 Å². The van der Waals surface area contributed by atoms with Crippen molar-refractivity contribution in [2.75, 3.05) is 12.4 Å². The van der Waals surface area contributed by atoms with Crippen LogP contribution in [0.1, 0.15) is 15.3 Å². The normalized spacial score (nSPS) is 11.5. The summed E-state index contributed by atoms with van der Waals surface area (Å²) in [6.45, 7) is 2.15. The monoisotopic (exact) mass is 445 g/mol. The highest BCUT2D eigenvalue weighted by atomic mass is 32.1. The molecule has 1 N–H and O–H groups in total. The smallest absolute Gasteiger partial charge is 0.0793 e. The average molecular weight is 446 g/mol. The van der Waals surface area contributed by atoms with E-state index in [1.165, 1.54) is 44.5 Å². The molecule has 0 aliphatic heterocycles. The van der Waals surface area contributed by atoms with Gasteiger partial charge in [-0.2, -0.15) is 0 Å². The van der Waals surface area contributed by atoms with Crippen LogP contribution in [0.2, 0.25) is 0 Å². The second-order valence-electron chi connectivity index (χ2n) is 7.02. The summed E-state index contributed by atoms with van der Waals surface area (Å²) in [4.78, 5) is 2.29. The first-order valence-corrected chi connectivity index (χ1v) is 12.5. The zero-order chi connectivity index (χ0) is 19.5. The maximum Gasteiger partial charge on any atom is 0.0793 e. The molecule has 1 nitrogen and oxygen atoms in total. The second kappa shape index (κ2) is 6.58. The van der Waals surface area contributed by atoms with Crippen LogP contribution in [0.3, 0.4) is 0 Å². The Bertz CT molecular complexity index is 1610. The molecule has 4 aromatic heterocycles. The Balaban J connectivity index is 1.39. The molecule has 2 aromatic carbocycles. The quantitative estimate of drug-likeness (QED) is 0.251. The summed E-state index contributed by atoms with van der Waals surface area (Å²) in [5.74, 6) is 6.82. The van der Waals surface area contributed by atoms with Crippen LogP contribution in [-0.2, 0) is 0 Å². The predicted molar refractivity (Wildman–Crippen MR) is 135 cm³/mol. The lowest BCUT2D eigenvalue weighted by atomic mass is 10.2. The summed E-state index contributed by atoms with van der Waals surface area (Å²) in [5, 5.41) is 5.91. The van der Waals surface area contributed by atoms with Gasteiger partial charge in [-0.1, -0.05) is 18.2 Å². The topological polar surface area (TPSA) is 12.0 Å². The Morgan fingerprint density at radius 1 is 0.655 bits per heavy atom. The standard InChI is InChI=1S/C24H15NS4/c1-13-3-7-17-19(9-13)28-21-11-15(26-23(17)21)5-6-16-12-22-24(27-16)18-8-4-14(25-2)10-20(18)29-22/h3-4,7-12,25H,1-2H3. The summed E-state index contributed by atoms with van der Waals surface area (Å²) in [6, 6.07) is 17.8. The molecule has 0 spiro atoms. The van der Waals surface area contributed by atoms with Crippen LogP contribution in [0.15, 0.2) is 48.5 Å². The van der Waals surface area contributed by atoms with Gasteiger partial charge in [0.25, 0.3) is 0 Å². The van der Waals surface area contributed by atoms with Gasteiger partial charge in [-0.25, -0.2) is 0 Å². The minimum absolute atomic E-state index is 1.14. The van der Waals surface area contributed by atoms with Crippen molar-refractivity contribution in [2.45, 2.75) is 6.92 Å². The number of rotatable bonds is 1. The lowest BCUT2D eigenvalue weighted by molar-refractivity contribution is 1.52. The van der Waals surface area contributed by atoms with E-state index in [9.17, 15) is 0 Å². The number of benzene rings is 2. The molecule has 0 unspecified atom stereocenters. The number of hydrogen-bond donors (Lipinski definition) is 1. The average Bonchev–Trinajstić information content (AvgIpc) is 3.43. The Morgan fingerprint density at radius 3 is 1.86 bits per heavy atom. The van der Waals surface area contributed by atoms with E-state index in [-0.39, 0.29) is 0 Å². The molecule has 0 bridgehead atoms. The molecule has 6 aromatic rings. The van der Waals surface area contributed by atoms with Crippen molar-refractivity contribution in [3.63, 3.8) is 0 Å². The van der Waals surface area contributed by atoms with Crippen LogP contribution in [0.5, 0.6) is 0 Å². The Labute approximate surface area is 184 Å². The molecule has 140 valence electrons. The van der Waals surface area contributed by atoms with E-state index in [4.69, 9.17) is 0 Å².